The molecule has 0 radical (unpaired) electrons. The third-order valence-corrected chi connectivity index (χ3v) is 4.86. The first kappa shape index (κ1) is 23.2. The number of nitrogens with zero attached hydrogens (tertiary/aromatic N) is 5. The molecule has 0 aliphatic carbocycles. The average Bonchev–Trinajstić information content (AvgIpc) is 3.35. The van der Waals surface area contributed by atoms with Crippen molar-refractivity contribution in [3.63, 3.8) is 0 Å². The van der Waals surface area contributed by atoms with Crippen LogP contribution in [0.2, 0.25) is 0 Å². The van der Waals surface area contributed by atoms with Gasteiger partial charge in [-0.05, 0) is 38.1 Å². The average molecular weight is 474 g/mol. The van der Waals surface area contributed by atoms with Crippen molar-refractivity contribution in [2.75, 3.05) is 12.4 Å². The zero-order valence-electron chi connectivity index (χ0n) is 18.5. The summed E-state index contributed by atoms with van der Waals surface area (Å²) in [5.74, 6) is -0.446. The largest absolute Gasteiger partial charge is 0.496 e. The Morgan fingerprint density at radius 1 is 1.26 bits per heavy atom. The first-order valence-corrected chi connectivity index (χ1v) is 10.1. The quantitative estimate of drug-likeness (QED) is 0.442. The van der Waals surface area contributed by atoms with Gasteiger partial charge in [0.1, 0.15) is 17.0 Å². The second-order valence-corrected chi connectivity index (χ2v) is 8.21. The minimum Gasteiger partial charge on any atom is -0.496 e. The molecule has 0 saturated carbocycles. The maximum atomic E-state index is 13.4. The Balaban J connectivity index is 1.81. The van der Waals surface area contributed by atoms with Gasteiger partial charge in [0.05, 0.1) is 36.7 Å². The van der Waals surface area contributed by atoms with E-state index in [9.17, 15) is 23.1 Å². The molecule has 0 fully saturated rings. The lowest BCUT2D eigenvalue weighted by Gasteiger charge is -2.16. The minimum absolute atomic E-state index is 0.0232. The van der Waals surface area contributed by atoms with Crippen LogP contribution in [0.15, 0.2) is 49.1 Å². The maximum absolute atomic E-state index is 13.4. The van der Waals surface area contributed by atoms with E-state index in [1.807, 2.05) is 0 Å². The summed E-state index contributed by atoms with van der Waals surface area (Å²) in [6.45, 7) is 3.14. The molecule has 0 spiro atoms. The lowest BCUT2D eigenvalue weighted by atomic mass is 10.1. The van der Waals surface area contributed by atoms with E-state index in [0.717, 1.165) is 12.1 Å². The topological polar surface area (TPSA) is 107 Å². The fraction of sp³-hybridized carbons (Fsp3) is 0.273. The number of hydrogen-bond donors (Lipinski definition) is 2. The Morgan fingerprint density at radius 3 is 2.71 bits per heavy atom. The number of amides is 1. The predicted molar refractivity (Wildman–Crippen MR) is 116 cm³/mol. The molecule has 4 rings (SSSR count). The highest BCUT2D eigenvalue weighted by Gasteiger charge is 2.32. The van der Waals surface area contributed by atoms with Gasteiger partial charge >= 0.3 is 6.18 Å². The van der Waals surface area contributed by atoms with Gasteiger partial charge < -0.3 is 15.2 Å². The van der Waals surface area contributed by atoms with Crippen molar-refractivity contribution < 1.29 is 27.8 Å². The Hall–Kier alpha value is -3.93. The molecule has 0 unspecified atom stereocenters. The molecule has 9 nitrogen and oxygen atoms in total. The third-order valence-electron chi connectivity index (χ3n) is 4.86. The van der Waals surface area contributed by atoms with E-state index in [1.165, 1.54) is 41.0 Å². The number of fused-ring (bicyclic) bond motifs is 1. The summed E-state index contributed by atoms with van der Waals surface area (Å²) < 4.78 is 48.3. The Labute approximate surface area is 191 Å². The van der Waals surface area contributed by atoms with Crippen LogP contribution in [-0.2, 0) is 12.7 Å². The van der Waals surface area contributed by atoms with Gasteiger partial charge in [-0.3, -0.25) is 9.48 Å². The molecule has 0 aliphatic rings. The smallest absolute Gasteiger partial charge is 0.416 e. The summed E-state index contributed by atoms with van der Waals surface area (Å²) >= 11 is 0. The number of carbonyl (C=O) groups is 1. The molecule has 0 aliphatic heterocycles. The van der Waals surface area contributed by atoms with E-state index in [-0.39, 0.29) is 34.8 Å². The van der Waals surface area contributed by atoms with Gasteiger partial charge in [-0.2, -0.15) is 23.4 Å². The van der Waals surface area contributed by atoms with E-state index in [1.54, 1.807) is 26.1 Å². The monoisotopic (exact) mass is 474 g/mol. The molecule has 12 heteroatoms. The van der Waals surface area contributed by atoms with Gasteiger partial charge in [-0.1, -0.05) is 0 Å². The van der Waals surface area contributed by atoms with Gasteiger partial charge in [0.25, 0.3) is 5.91 Å². The summed E-state index contributed by atoms with van der Waals surface area (Å²) in [4.78, 5) is 17.2. The summed E-state index contributed by atoms with van der Waals surface area (Å²) in [6.07, 6.45) is 1.31. The Morgan fingerprint density at radius 2 is 2.03 bits per heavy atom. The van der Waals surface area contributed by atoms with Crippen molar-refractivity contribution in [1.82, 2.24) is 24.4 Å². The second kappa shape index (κ2) is 8.45. The third kappa shape index (κ3) is 4.71. The molecular formula is C22H21F3N6O3. The molecule has 178 valence electrons. The molecule has 2 N–H and O–H groups in total. The van der Waals surface area contributed by atoms with Gasteiger partial charge in [-0.15, -0.1) is 0 Å². The van der Waals surface area contributed by atoms with Crippen molar-refractivity contribution in [3.05, 3.63) is 60.2 Å². The number of ether oxygens (including phenoxy) is 1. The molecule has 3 aromatic heterocycles. The number of aromatic nitrogens is 5. The fourth-order valence-electron chi connectivity index (χ4n) is 3.44. The zero-order valence-corrected chi connectivity index (χ0v) is 18.5. The van der Waals surface area contributed by atoms with Crippen LogP contribution < -0.4 is 10.1 Å². The van der Waals surface area contributed by atoms with E-state index in [0.29, 0.717) is 5.65 Å². The van der Waals surface area contributed by atoms with E-state index >= 15 is 0 Å². The van der Waals surface area contributed by atoms with Gasteiger partial charge in [0.15, 0.2) is 5.65 Å². The van der Waals surface area contributed by atoms with Crippen LogP contribution in [0.5, 0.6) is 5.75 Å². The van der Waals surface area contributed by atoms with Crippen LogP contribution in [0.25, 0.3) is 16.9 Å². The number of carbonyl (C=O) groups excluding carboxylic acids is 1. The molecular weight excluding hydrogens is 453 g/mol. The van der Waals surface area contributed by atoms with Crippen molar-refractivity contribution >= 4 is 17.2 Å². The fourth-order valence-corrected chi connectivity index (χ4v) is 3.44. The molecule has 1 aromatic carbocycles. The Bertz CT molecular complexity index is 1350. The Kier molecular flexibility index (Phi) is 5.77. The number of hydrogen-bond acceptors (Lipinski definition) is 6. The number of rotatable bonds is 6. The molecule has 1 amide bonds. The number of halogens is 3. The molecule has 0 bridgehead atoms. The molecule has 3 heterocycles. The van der Waals surface area contributed by atoms with Gasteiger partial charge in [0.2, 0.25) is 0 Å². The first-order chi connectivity index (χ1) is 16.0. The van der Waals surface area contributed by atoms with Crippen molar-refractivity contribution in [1.29, 1.82) is 0 Å². The second-order valence-electron chi connectivity index (χ2n) is 8.21. The highest BCUT2D eigenvalue weighted by atomic mass is 19.4. The standard InChI is InChI=1S/C22H21F3N6O3/c1-21(2,33)12-30-11-16(28-20(32)15-10-27-31-8-4-7-26-19(15)31)18(29-30)14-9-13(22(23,24)25)5-6-17(14)34-3/h4-11,33H,12H2,1-3H3,(H,28,32). The van der Waals surface area contributed by atoms with E-state index in [4.69, 9.17) is 4.74 Å². The van der Waals surface area contributed by atoms with E-state index in [2.05, 4.69) is 20.5 Å². The van der Waals surface area contributed by atoms with E-state index < -0.39 is 23.2 Å². The number of aliphatic hydroxyl groups is 1. The number of methoxy groups -OCH3 is 1. The number of nitrogens with one attached hydrogen (secondary N) is 1. The minimum atomic E-state index is -4.59. The highest BCUT2D eigenvalue weighted by Crippen LogP contribution is 2.39. The molecule has 0 saturated heterocycles. The molecule has 34 heavy (non-hydrogen) atoms. The number of alkyl halides is 3. The van der Waals surface area contributed by atoms with Crippen LogP contribution in [0, 0.1) is 0 Å². The van der Waals surface area contributed by atoms with Gasteiger partial charge in [0, 0.05) is 24.2 Å². The van der Waals surface area contributed by atoms with Crippen molar-refractivity contribution in [2.45, 2.75) is 32.2 Å². The van der Waals surface area contributed by atoms with Crippen LogP contribution in [0.4, 0.5) is 18.9 Å². The molecule has 4 aromatic rings. The molecule has 0 atom stereocenters. The highest BCUT2D eigenvalue weighted by molar-refractivity contribution is 6.09. The SMILES string of the molecule is COc1ccc(C(F)(F)F)cc1-c1nn(CC(C)(C)O)cc1NC(=O)c1cnn2cccnc12. The van der Waals surface area contributed by atoms with Crippen LogP contribution >= 0.6 is 0 Å². The van der Waals surface area contributed by atoms with Crippen molar-refractivity contribution in [3.8, 4) is 17.0 Å². The lowest BCUT2D eigenvalue weighted by Crippen LogP contribution is -2.26. The van der Waals surface area contributed by atoms with Crippen LogP contribution in [0.3, 0.4) is 0 Å². The van der Waals surface area contributed by atoms with Crippen LogP contribution in [0.1, 0.15) is 29.8 Å². The number of anilines is 1. The summed E-state index contributed by atoms with van der Waals surface area (Å²) in [7, 11) is 1.32. The van der Waals surface area contributed by atoms with Crippen molar-refractivity contribution in [2.24, 2.45) is 0 Å². The zero-order chi connectivity index (χ0) is 24.7. The lowest BCUT2D eigenvalue weighted by molar-refractivity contribution is -0.137. The predicted octanol–water partition coefficient (Wildman–Crippen LogP) is 3.64. The van der Waals surface area contributed by atoms with Crippen LogP contribution in [-0.4, -0.2) is 48.1 Å². The number of benzene rings is 1. The summed E-state index contributed by atoms with van der Waals surface area (Å²) in [5, 5.41) is 21.3. The maximum Gasteiger partial charge on any atom is 0.416 e. The summed E-state index contributed by atoms with van der Waals surface area (Å²) in [5.41, 5.74) is -1.40. The normalized spacial score (nSPS) is 12.2. The van der Waals surface area contributed by atoms with Gasteiger partial charge in [-0.25, -0.2) is 9.50 Å². The summed E-state index contributed by atoms with van der Waals surface area (Å²) in [6, 6.07) is 4.65. The first-order valence-electron chi connectivity index (χ1n) is 10.1.